The van der Waals surface area contributed by atoms with Crippen molar-refractivity contribution in [1.29, 1.82) is 0 Å². The topological polar surface area (TPSA) is 38.8 Å². The van der Waals surface area contributed by atoms with Gasteiger partial charge in [0, 0.05) is 25.1 Å². The summed E-state index contributed by atoms with van der Waals surface area (Å²) in [6.45, 7) is 10.3. The summed E-state index contributed by atoms with van der Waals surface area (Å²) in [5, 5.41) is 0. The van der Waals surface area contributed by atoms with Crippen LogP contribution in [0.2, 0.25) is 0 Å². The molecule has 0 N–H and O–H groups in total. The summed E-state index contributed by atoms with van der Waals surface area (Å²) in [6.07, 6.45) is 2.06. The number of rotatable bonds is 3. The van der Waals surface area contributed by atoms with Crippen LogP contribution in [0.4, 0.5) is 0 Å². The number of nitrogens with zero attached hydrogens (tertiary/aromatic N) is 1. The first-order valence-corrected chi connectivity index (χ1v) is 8.55. The molecule has 1 aromatic rings. The van der Waals surface area contributed by atoms with E-state index in [1.54, 1.807) is 0 Å². The van der Waals surface area contributed by atoms with Crippen LogP contribution < -0.4 is 9.47 Å². The molecule has 0 bridgehead atoms. The van der Waals surface area contributed by atoms with Crippen molar-refractivity contribution in [3.63, 3.8) is 0 Å². The normalized spacial score (nSPS) is 25.7. The van der Waals surface area contributed by atoms with Gasteiger partial charge in [-0.1, -0.05) is 26.0 Å². The number of benzene rings is 1. The smallest absolute Gasteiger partial charge is 0.260 e. The van der Waals surface area contributed by atoms with E-state index in [4.69, 9.17) is 9.47 Å². The van der Waals surface area contributed by atoms with Crippen LogP contribution in [0.3, 0.4) is 0 Å². The predicted octanol–water partition coefficient (Wildman–Crippen LogP) is 3.28. The first kappa shape index (κ1) is 16.2. The van der Waals surface area contributed by atoms with E-state index < -0.39 is 0 Å². The maximum atomic E-state index is 12.5. The van der Waals surface area contributed by atoms with Crippen LogP contribution >= 0.6 is 0 Å². The number of ether oxygens (including phenoxy) is 2. The van der Waals surface area contributed by atoms with Gasteiger partial charge >= 0.3 is 0 Å². The Bertz CT molecular complexity index is 586. The number of amides is 1. The quantitative estimate of drug-likeness (QED) is 0.859. The van der Waals surface area contributed by atoms with Crippen molar-refractivity contribution in [2.24, 2.45) is 11.8 Å². The Labute approximate surface area is 138 Å². The van der Waals surface area contributed by atoms with Crippen molar-refractivity contribution in [1.82, 2.24) is 4.90 Å². The van der Waals surface area contributed by atoms with E-state index in [-0.39, 0.29) is 18.1 Å². The third-order valence-corrected chi connectivity index (χ3v) is 4.63. The lowest BCUT2D eigenvalue weighted by atomic mass is 9.92. The lowest BCUT2D eigenvalue weighted by Gasteiger charge is -2.34. The predicted molar refractivity (Wildman–Crippen MR) is 89.9 cm³/mol. The van der Waals surface area contributed by atoms with Crippen LogP contribution in [-0.4, -0.2) is 36.1 Å². The minimum Gasteiger partial charge on any atom is -0.483 e. The van der Waals surface area contributed by atoms with Crippen LogP contribution in [0.15, 0.2) is 18.2 Å². The maximum Gasteiger partial charge on any atom is 0.260 e. The van der Waals surface area contributed by atoms with E-state index in [2.05, 4.69) is 33.8 Å². The third kappa shape index (κ3) is 3.62. The largest absolute Gasteiger partial charge is 0.483 e. The molecule has 4 heteroatoms. The van der Waals surface area contributed by atoms with Crippen LogP contribution in [0.5, 0.6) is 11.5 Å². The zero-order valence-electron chi connectivity index (χ0n) is 14.6. The van der Waals surface area contributed by atoms with Gasteiger partial charge in [0.25, 0.3) is 5.91 Å². The first-order chi connectivity index (χ1) is 10.8. The summed E-state index contributed by atoms with van der Waals surface area (Å²) in [4.78, 5) is 14.4. The highest BCUT2D eigenvalue weighted by molar-refractivity contribution is 5.78. The Morgan fingerprint density at radius 3 is 2.70 bits per heavy atom. The standard InChI is InChI=1S/C19H27NO3/c1-13-8-14(2)11-20(10-13)17(21)12-22-16-7-5-6-15-9-19(3,4)23-18(15)16/h5-7,13-14H,8-12H2,1-4H3. The van der Waals surface area contributed by atoms with Gasteiger partial charge in [-0.25, -0.2) is 0 Å². The van der Waals surface area contributed by atoms with E-state index in [9.17, 15) is 4.79 Å². The van der Waals surface area contributed by atoms with E-state index in [1.807, 2.05) is 17.0 Å². The number of hydrogen-bond donors (Lipinski definition) is 0. The molecule has 1 amide bonds. The summed E-state index contributed by atoms with van der Waals surface area (Å²) >= 11 is 0. The molecule has 0 saturated carbocycles. The van der Waals surface area contributed by atoms with Gasteiger partial charge in [-0.05, 0) is 38.2 Å². The molecule has 0 aromatic heterocycles. The van der Waals surface area contributed by atoms with Crippen LogP contribution in [0, 0.1) is 11.8 Å². The zero-order chi connectivity index (χ0) is 16.6. The van der Waals surface area contributed by atoms with E-state index >= 15 is 0 Å². The molecule has 2 unspecified atom stereocenters. The molecular weight excluding hydrogens is 290 g/mol. The number of likely N-dealkylation sites (tertiary alicyclic amines) is 1. The van der Waals surface area contributed by atoms with Gasteiger partial charge in [0.05, 0.1) is 0 Å². The Morgan fingerprint density at radius 2 is 2.00 bits per heavy atom. The Balaban J connectivity index is 1.63. The summed E-state index contributed by atoms with van der Waals surface area (Å²) < 4.78 is 11.8. The monoisotopic (exact) mass is 317 g/mol. The molecule has 1 fully saturated rings. The van der Waals surface area contributed by atoms with Crippen molar-refractivity contribution >= 4 is 5.91 Å². The van der Waals surface area contributed by atoms with Crippen LogP contribution in [0.25, 0.3) is 0 Å². The number of hydrogen-bond acceptors (Lipinski definition) is 3. The molecule has 0 radical (unpaired) electrons. The first-order valence-electron chi connectivity index (χ1n) is 8.55. The fourth-order valence-corrected chi connectivity index (χ4v) is 3.80. The van der Waals surface area contributed by atoms with Crippen LogP contribution in [-0.2, 0) is 11.2 Å². The summed E-state index contributed by atoms with van der Waals surface area (Å²) in [5.41, 5.74) is 0.948. The lowest BCUT2D eigenvalue weighted by Crippen LogP contribution is -2.44. The van der Waals surface area contributed by atoms with Gasteiger partial charge in [-0.3, -0.25) is 4.79 Å². The number of para-hydroxylation sites is 1. The van der Waals surface area contributed by atoms with Crippen molar-refractivity contribution in [3.05, 3.63) is 23.8 Å². The molecule has 2 heterocycles. The number of piperidine rings is 1. The molecule has 0 aliphatic carbocycles. The Kier molecular flexibility index (Phi) is 4.26. The van der Waals surface area contributed by atoms with Gasteiger partial charge in [0.1, 0.15) is 5.60 Å². The Morgan fingerprint density at radius 1 is 1.30 bits per heavy atom. The second-order valence-electron chi connectivity index (χ2n) is 7.82. The number of carbonyl (C=O) groups excluding carboxylic acids is 1. The van der Waals surface area contributed by atoms with Crippen molar-refractivity contribution < 1.29 is 14.3 Å². The van der Waals surface area contributed by atoms with Crippen molar-refractivity contribution in [3.8, 4) is 11.5 Å². The minimum absolute atomic E-state index is 0.0678. The third-order valence-electron chi connectivity index (χ3n) is 4.63. The summed E-state index contributed by atoms with van der Waals surface area (Å²) in [7, 11) is 0. The molecule has 1 saturated heterocycles. The minimum atomic E-state index is -0.205. The molecule has 126 valence electrons. The molecule has 23 heavy (non-hydrogen) atoms. The Hall–Kier alpha value is -1.71. The lowest BCUT2D eigenvalue weighted by molar-refractivity contribution is -0.136. The second-order valence-corrected chi connectivity index (χ2v) is 7.82. The molecule has 1 aromatic carbocycles. The fraction of sp³-hybridized carbons (Fsp3) is 0.632. The molecule has 2 aliphatic rings. The van der Waals surface area contributed by atoms with Gasteiger partial charge in [-0.15, -0.1) is 0 Å². The highest BCUT2D eigenvalue weighted by atomic mass is 16.5. The molecule has 0 spiro atoms. The summed E-state index contributed by atoms with van der Waals surface area (Å²) in [5.74, 6) is 2.67. The van der Waals surface area contributed by atoms with E-state index in [0.717, 1.165) is 30.8 Å². The van der Waals surface area contributed by atoms with Gasteiger partial charge in [0.15, 0.2) is 18.1 Å². The highest BCUT2D eigenvalue weighted by Gasteiger charge is 2.32. The second kappa shape index (κ2) is 6.06. The van der Waals surface area contributed by atoms with Gasteiger partial charge in [-0.2, -0.15) is 0 Å². The van der Waals surface area contributed by atoms with Gasteiger partial charge in [0.2, 0.25) is 0 Å². The zero-order valence-corrected chi connectivity index (χ0v) is 14.6. The molecule has 3 rings (SSSR count). The average molecular weight is 317 g/mol. The maximum absolute atomic E-state index is 12.5. The van der Waals surface area contributed by atoms with E-state index in [1.165, 1.54) is 6.42 Å². The highest BCUT2D eigenvalue weighted by Crippen LogP contribution is 2.41. The molecule has 2 atom stereocenters. The fourth-order valence-electron chi connectivity index (χ4n) is 3.80. The average Bonchev–Trinajstić information content (AvgIpc) is 2.78. The number of carbonyl (C=O) groups is 1. The number of fused-ring (bicyclic) bond motifs is 1. The van der Waals surface area contributed by atoms with Crippen molar-refractivity contribution in [2.75, 3.05) is 19.7 Å². The van der Waals surface area contributed by atoms with Crippen LogP contribution in [0.1, 0.15) is 39.7 Å². The van der Waals surface area contributed by atoms with E-state index in [0.29, 0.717) is 17.6 Å². The SMILES string of the molecule is CC1CC(C)CN(C(=O)COc2cccc3c2OC(C)(C)C3)C1. The summed E-state index contributed by atoms with van der Waals surface area (Å²) in [6, 6.07) is 5.91. The molecule has 4 nitrogen and oxygen atoms in total. The van der Waals surface area contributed by atoms with Crippen molar-refractivity contribution in [2.45, 2.75) is 46.1 Å². The molecular formula is C19H27NO3. The molecule has 2 aliphatic heterocycles. The van der Waals surface area contributed by atoms with Gasteiger partial charge < -0.3 is 14.4 Å².